The van der Waals surface area contributed by atoms with E-state index >= 15 is 0 Å². The Labute approximate surface area is 58.3 Å². The number of hydrogen-bond acceptors (Lipinski definition) is 2. The molecule has 1 fully saturated rings. The molecule has 0 N–H and O–H groups in total. The zero-order valence-electron chi connectivity index (χ0n) is 6.05. The highest BCUT2D eigenvalue weighted by atomic mass is 31.1. The van der Waals surface area contributed by atoms with Crippen LogP contribution in [-0.4, -0.2) is 44.2 Å². The molecule has 1 atom stereocenters. The summed E-state index contributed by atoms with van der Waals surface area (Å²) in [5, 5.41) is 0. The second kappa shape index (κ2) is 3.50. The molecule has 0 aromatic carbocycles. The Hall–Kier alpha value is 0.350. The summed E-state index contributed by atoms with van der Waals surface area (Å²) in [5.74, 6) is 0. The van der Waals surface area contributed by atoms with Crippen LogP contribution in [0.1, 0.15) is 0 Å². The first-order chi connectivity index (χ1) is 4.36. The smallest absolute Gasteiger partial charge is 0.0825 e. The van der Waals surface area contributed by atoms with Gasteiger partial charge in [0, 0.05) is 26.5 Å². The number of nitrogens with zero attached hydrogens (tertiary/aromatic N) is 1. The van der Waals surface area contributed by atoms with Crippen molar-refractivity contribution in [3.05, 3.63) is 0 Å². The summed E-state index contributed by atoms with van der Waals surface area (Å²) in [6, 6.07) is 0. The molecule has 0 aromatic heterocycles. The van der Waals surface area contributed by atoms with E-state index in [-0.39, 0.29) is 0 Å². The largest absolute Gasteiger partial charge is 0.379 e. The number of hydrogen-bond donors (Lipinski definition) is 0. The monoisotopic (exact) mass is 147 g/mol. The van der Waals surface area contributed by atoms with E-state index in [1.807, 2.05) is 0 Å². The predicted octanol–water partition coefficient (Wildman–Crippen LogP) is 0.583. The van der Waals surface area contributed by atoms with Crippen molar-refractivity contribution in [2.45, 2.75) is 6.10 Å². The highest BCUT2D eigenvalue weighted by molar-refractivity contribution is 7.36. The van der Waals surface area contributed by atoms with E-state index < -0.39 is 0 Å². The maximum atomic E-state index is 5.12. The topological polar surface area (TPSA) is 12.5 Å². The molecule has 1 aliphatic rings. The van der Waals surface area contributed by atoms with Crippen LogP contribution < -0.4 is 0 Å². The Morgan fingerprint density at radius 2 is 2.33 bits per heavy atom. The molecule has 3 heteroatoms. The molecule has 54 valence electrons. The van der Waals surface area contributed by atoms with Crippen molar-refractivity contribution in [1.29, 1.82) is 0 Å². The lowest BCUT2D eigenvalue weighted by Gasteiger charge is -2.37. The zero-order chi connectivity index (χ0) is 6.69. The summed E-state index contributed by atoms with van der Waals surface area (Å²) in [4.78, 5) is 2.42. The summed E-state index contributed by atoms with van der Waals surface area (Å²) in [7, 11) is 2.85. The molecule has 1 rings (SSSR count). The van der Waals surface area contributed by atoms with Crippen molar-refractivity contribution >= 4 is 8.58 Å². The first-order valence-electron chi connectivity index (χ1n) is 3.26. The van der Waals surface area contributed by atoms with Gasteiger partial charge < -0.3 is 4.74 Å². The molecule has 0 amide bonds. The van der Waals surface area contributed by atoms with E-state index in [9.17, 15) is 0 Å². The third-order valence-electron chi connectivity index (χ3n) is 1.64. The molecule has 1 heterocycles. The van der Waals surface area contributed by atoms with E-state index in [2.05, 4.69) is 11.6 Å². The molecule has 1 saturated heterocycles. The average molecular weight is 147 g/mol. The number of rotatable bonds is 3. The minimum Gasteiger partial charge on any atom is -0.379 e. The van der Waals surface area contributed by atoms with Crippen molar-refractivity contribution < 1.29 is 4.74 Å². The van der Waals surface area contributed by atoms with E-state index in [0.717, 1.165) is 21.7 Å². The van der Waals surface area contributed by atoms with Crippen LogP contribution in [0.5, 0.6) is 0 Å². The van der Waals surface area contributed by atoms with Crippen molar-refractivity contribution in [3.8, 4) is 0 Å². The predicted molar refractivity (Wildman–Crippen MR) is 41.5 cm³/mol. The van der Waals surface area contributed by atoms with Gasteiger partial charge in [-0.3, -0.25) is 4.90 Å². The van der Waals surface area contributed by atoms with E-state index in [4.69, 9.17) is 4.74 Å². The first kappa shape index (κ1) is 7.46. The third-order valence-corrected chi connectivity index (χ3v) is 2.40. The summed E-state index contributed by atoms with van der Waals surface area (Å²) in [5.41, 5.74) is 0. The van der Waals surface area contributed by atoms with Crippen molar-refractivity contribution in [2.24, 2.45) is 0 Å². The average Bonchev–Trinajstić information content (AvgIpc) is 1.77. The van der Waals surface area contributed by atoms with Crippen molar-refractivity contribution in [1.82, 2.24) is 4.90 Å². The van der Waals surface area contributed by atoms with Crippen LogP contribution >= 0.6 is 8.58 Å². The lowest BCUT2D eigenvalue weighted by atomic mass is 10.2. The third kappa shape index (κ3) is 1.89. The maximum Gasteiger partial charge on any atom is 0.0825 e. The molecule has 0 saturated carbocycles. The molecule has 0 bridgehead atoms. The van der Waals surface area contributed by atoms with Gasteiger partial charge in [0.15, 0.2) is 0 Å². The van der Waals surface area contributed by atoms with Gasteiger partial charge in [0.1, 0.15) is 0 Å². The molecule has 0 radical (unpaired) electrons. The Kier molecular flexibility index (Phi) is 2.90. The second-order valence-electron chi connectivity index (χ2n) is 2.41. The van der Waals surface area contributed by atoms with Crippen LogP contribution in [0.4, 0.5) is 0 Å². The van der Waals surface area contributed by atoms with E-state index in [1.54, 1.807) is 7.11 Å². The molecule has 0 spiro atoms. The first-order valence-corrected chi connectivity index (χ1v) is 4.97. The van der Waals surface area contributed by atoms with E-state index in [0.29, 0.717) is 6.10 Å². The van der Waals surface area contributed by atoms with Gasteiger partial charge in [-0.05, 0) is 6.66 Å². The lowest BCUT2D eigenvalue weighted by molar-refractivity contribution is -0.0192. The molecular weight excluding hydrogens is 133 g/mol. The molecule has 9 heavy (non-hydrogen) atoms. The molecule has 1 unspecified atom stereocenters. The van der Waals surface area contributed by atoms with Gasteiger partial charge in [-0.15, -0.1) is 8.58 Å². The fraction of sp³-hybridized carbons (Fsp3) is 1.00. The lowest BCUT2D eigenvalue weighted by Crippen LogP contribution is -2.50. The van der Waals surface area contributed by atoms with E-state index in [1.165, 1.54) is 6.29 Å². The molecule has 1 aliphatic heterocycles. The van der Waals surface area contributed by atoms with Gasteiger partial charge in [0.25, 0.3) is 0 Å². The van der Waals surface area contributed by atoms with Crippen molar-refractivity contribution in [2.75, 3.05) is 33.1 Å². The standard InChI is InChI=1S/C6H14NOP/c1-8-6-3-7(4-6)5-9-2/h6,9H,3-5H2,1-2H3. The van der Waals surface area contributed by atoms with Crippen LogP contribution in [0, 0.1) is 0 Å². The van der Waals surface area contributed by atoms with Gasteiger partial charge in [0.05, 0.1) is 6.10 Å². The minimum atomic E-state index is 0.529. The van der Waals surface area contributed by atoms with Gasteiger partial charge in [-0.25, -0.2) is 0 Å². The summed E-state index contributed by atoms with van der Waals surface area (Å²) in [6.07, 6.45) is 1.79. The number of likely N-dealkylation sites (tertiary alicyclic amines) is 1. The fourth-order valence-corrected chi connectivity index (χ4v) is 1.73. The van der Waals surface area contributed by atoms with Crippen LogP contribution in [-0.2, 0) is 4.74 Å². The van der Waals surface area contributed by atoms with Crippen molar-refractivity contribution in [3.63, 3.8) is 0 Å². The molecule has 2 nitrogen and oxygen atoms in total. The Morgan fingerprint density at radius 3 is 2.78 bits per heavy atom. The molecule has 0 aliphatic carbocycles. The van der Waals surface area contributed by atoms with Crippen LogP contribution in [0.2, 0.25) is 0 Å². The van der Waals surface area contributed by atoms with Gasteiger partial charge in [-0.1, -0.05) is 0 Å². The molecular formula is C6H14NOP. The number of ether oxygens (including phenoxy) is 1. The quantitative estimate of drug-likeness (QED) is 0.541. The maximum absolute atomic E-state index is 5.12. The zero-order valence-corrected chi connectivity index (χ0v) is 7.05. The Morgan fingerprint density at radius 1 is 1.67 bits per heavy atom. The summed E-state index contributed by atoms with van der Waals surface area (Å²) >= 11 is 0. The van der Waals surface area contributed by atoms with Crippen LogP contribution in [0.25, 0.3) is 0 Å². The fourth-order valence-electron chi connectivity index (χ4n) is 1.02. The highest BCUT2D eigenvalue weighted by Crippen LogP contribution is 2.15. The van der Waals surface area contributed by atoms with Gasteiger partial charge in [-0.2, -0.15) is 0 Å². The summed E-state index contributed by atoms with van der Waals surface area (Å²) in [6.45, 7) is 4.54. The summed E-state index contributed by atoms with van der Waals surface area (Å²) < 4.78 is 5.12. The van der Waals surface area contributed by atoms with Crippen LogP contribution in [0.15, 0.2) is 0 Å². The second-order valence-corrected chi connectivity index (χ2v) is 3.43. The van der Waals surface area contributed by atoms with Crippen LogP contribution in [0.3, 0.4) is 0 Å². The highest BCUT2D eigenvalue weighted by Gasteiger charge is 2.24. The molecule has 0 aromatic rings. The SMILES string of the molecule is COC1CN(CPC)C1. The van der Waals surface area contributed by atoms with Gasteiger partial charge >= 0.3 is 0 Å². The Bertz CT molecular complexity index is 83.1. The Balaban J connectivity index is 1.98. The normalized spacial score (nSPS) is 23.3. The van der Waals surface area contributed by atoms with Gasteiger partial charge in [0.2, 0.25) is 0 Å². The minimum absolute atomic E-state index is 0.529. The number of methoxy groups -OCH3 is 1.